The fourth-order valence-corrected chi connectivity index (χ4v) is 2.79. The van der Waals surface area contributed by atoms with Crippen LogP contribution in [0.3, 0.4) is 0 Å². The Balaban J connectivity index is 2.04. The smallest absolute Gasteiger partial charge is 0.267 e. The van der Waals surface area contributed by atoms with Gasteiger partial charge in [-0.15, -0.1) is 4.83 Å². The van der Waals surface area contributed by atoms with Crippen LogP contribution in [0.25, 0.3) is 0 Å². The van der Waals surface area contributed by atoms with E-state index in [2.05, 4.69) is 10.3 Å². The SMILES string of the molecule is Cc1ccc(S(=O)NNC(=O)c2c(C)cccc2Cl)cc1. The normalized spacial score (nSPS) is 12.0. The Bertz CT molecular complexity index is 666. The number of hydrogen-bond donors (Lipinski definition) is 2. The Morgan fingerprint density at radius 1 is 1.10 bits per heavy atom. The van der Waals surface area contributed by atoms with Crippen molar-refractivity contribution in [3.63, 3.8) is 0 Å². The minimum Gasteiger partial charge on any atom is -0.275 e. The molecule has 0 radical (unpaired) electrons. The molecule has 110 valence electrons. The highest BCUT2D eigenvalue weighted by Crippen LogP contribution is 2.19. The van der Waals surface area contributed by atoms with Crippen molar-refractivity contribution in [1.82, 2.24) is 10.3 Å². The molecule has 2 aromatic carbocycles. The zero-order valence-corrected chi connectivity index (χ0v) is 13.2. The van der Waals surface area contributed by atoms with Crippen molar-refractivity contribution in [2.75, 3.05) is 0 Å². The highest BCUT2D eigenvalue weighted by atomic mass is 35.5. The molecular formula is C15H15ClN2O2S. The number of rotatable bonds is 4. The molecule has 0 heterocycles. The molecule has 2 aromatic rings. The number of nitrogens with one attached hydrogen (secondary N) is 2. The van der Waals surface area contributed by atoms with Crippen molar-refractivity contribution >= 4 is 28.5 Å². The van der Waals surface area contributed by atoms with E-state index in [4.69, 9.17) is 11.6 Å². The van der Waals surface area contributed by atoms with Crippen LogP contribution in [0.1, 0.15) is 21.5 Å². The number of hydrogen-bond acceptors (Lipinski definition) is 2. The number of benzene rings is 2. The summed E-state index contributed by atoms with van der Waals surface area (Å²) in [7, 11) is -1.52. The lowest BCUT2D eigenvalue weighted by molar-refractivity contribution is 0.0945. The second kappa shape index (κ2) is 6.85. The van der Waals surface area contributed by atoms with Gasteiger partial charge in [-0.1, -0.05) is 41.4 Å². The second-order valence-corrected chi connectivity index (χ2v) is 6.19. The van der Waals surface area contributed by atoms with E-state index < -0.39 is 16.9 Å². The Kier molecular flexibility index (Phi) is 5.12. The summed E-state index contributed by atoms with van der Waals surface area (Å²) in [5, 5.41) is 0.357. The van der Waals surface area contributed by atoms with Gasteiger partial charge in [0.1, 0.15) is 11.0 Å². The lowest BCUT2D eigenvalue weighted by Crippen LogP contribution is -2.39. The molecule has 0 fully saturated rings. The van der Waals surface area contributed by atoms with Crippen LogP contribution in [-0.4, -0.2) is 10.1 Å². The topological polar surface area (TPSA) is 58.2 Å². The van der Waals surface area contributed by atoms with Crippen LogP contribution in [-0.2, 0) is 11.0 Å². The molecule has 4 nitrogen and oxygen atoms in total. The maximum Gasteiger partial charge on any atom is 0.267 e. The van der Waals surface area contributed by atoms with Gasteiger partial charge in [-0.05, 0) is 37.6 Å². The molecule has 2 rings (SSSR count). The first kappa shape index (κ1) is 15.7. The summed E-state index contributed by atoms with van der Waals surface area (Å²) < 4.78 is 12.0. The third-order valence-corrected chi connectivity index (χ3v) is 4.24. The molecule has 0 bridgehead atoms. The van der Waals surface area contributed by atoms with Gasteiger partial charge < -0.3 is 0 Å². The van der Waals surface area contributed by atoms with E-state index in [-0.39, 0.29) is 0 Å². The third kappa shape index (κ3) is 3.91. The van der Waals surface area contributed by atoms with Crippen LogP contribution in [0, 0.1) is 13.8 Å². The predicted molar refractivity (Wildman–Crippen MR) is 84.4 cm³/mol. The molecule has 0 saturated heterocycles. The van der Waals surface area contributed by atoms with E-state index in [1.807, 2.05) is 19.1 Å². The molecule has 0 saturated carbocycles. The molecule has 1 atom stereocenters. The van der Waals surface area contributed by atoms with E-state index in [0.717, 1.165) is 11.1 Å². The fourth-order valence-electron chi connectivity index (χ4n) is 1.80. The third-order valence-electron chi connectivity index (χ3n) is 2.94. The number of carbonyl (C=O) groups excluding carboxylic acids is 1. The zero-order valence-electron chi connectivity index (χ0n) is 11.6. The minimum atomic E-state index is -1.52. The summed E-state index contributed by atoms with van der Waals surface area (Å²) in [4.78, 5) is 15.1. The minimum absolute atomic E-state index is 0.357. The van der Waals surface area contributed by atoms with Crippen molar-refractivity contribution in [3.05, 3.63) is 64.2 Å². The van der Waals surface area contributed by atoms with E-state index >= 15 is 0 Å². The first-order valence-electron chi connectivity index (χ1n) is 6.28. The molecule has 6 heteroatoms. The number of carbonyl (C=O) groups is 1. The molecule has 1 unspecified atom stereocenters. The summed E-state index contributed by atoms with van der Waals surface area (Å²) in [5.74, 6) is -0.418. The Hall–Kier alpha value is -1.69. The maximum atomic E-state index is 12.1. The van der Waals surface area contributed by atoms with Gasteiger partial charge in [0.15, 0.2) is 0 Å². The van der Waals surface area contributed by atoms with Gasteiger partial charge >= 0.3 is 0 Å². The Labute approximate surface area is 131 Å². The first-order chi connectivity index (χ1) is 9.99. The van der Waals surface area contributed by atoms with Gasteiger partial charge in [0.25, 0.3) is 5.91 Å². The molecule has 0 aromatic heterocycles. The van der Waals surface area contributed by atoms with E-state index in [0.29, 0.717) is 15.5 Å². The average molecular weight is 323 g/mol. The van der Waals surface area contributed by atoms with Gasteiger partial charge in [-0.25, -0.2) is 4.21 Å². The highest BCUT2D eigenvalue weighted by Gasteiger charge is 2.13. The maximum absolute atomic E-state index is 12.1. The lowest BCUT2D eigenvalue weighted by atomic mass is 10.1. The highest BCUT2D eigenvalue weighted by molar-refractivity contribution is 7.83. The standard InChI is InChI=1S/C15H15ClN2O2S/c1-10-6-8-12(9-7-10)21(20)18-17-15(19)14-11(2)4-3-5-13(14)16/h3-9,18H,1-2H3,(H,17,19). The Morgan fingerprint density at radius 2 is 1.76 bits per heavy atom. The van der Waals surface area contributed by atoms with Gasteiger partial charge in [-0.3, -0.25) is 10.2 Å². The molecule has 0 aliphatic rings. The molecule has 2 N–H and O–H groups in total. The average Bonchev–Trinajstić information content (AvgIpc) is 2.45. The summed E-state index contributed by atoms with van der Waals surface area (Å²) in [6.07, 6.45) is 0. The van der Waals surface area contributed by atoms with Crippen LogP contribution in [0.2, 0.25) is 5.02 Å². The van der Waals surface area contributed by atoms with E-state index in [9.17, 15) is 9.00 Å². The van der Waals surface area contributed by atoms with E-state index in [1.54, 1.807) is 37.3 Å². The fraction of sp³-hybridized carbons (Fsp3) is 0.133. The first-order valence-corrected chi connectivity index (χ1v) is 7.81. The molecule has 0 aliphatic heterocycles. The van der Waals surface area contributed by atoms with Crippen molar-refractivity contribution in [3.8, 4) is 0 Å². The summed E-state index contributed by atoms with van der Waals surface area (Å²) in [6.45, 7) is 3.74. The molecule has 21 heavy (non-hydrogen) atoms. The van der Waals surface area contributed by atoms with Crippen LogP contribution in [0.15, 0.2) is 47.4 Å². The predicted octanol–water partition coefficient (Wildman–Crippen LogP) is 2.91. The van der Waals surface area contributed by atoms with Crippen LogP contribution in [0.4, 0.5) is 0 Å². The van der Waals surface area contributed by atoms with Gasteiger partial charge in [0, 0.05) is 0 Å². The number of amides is 1. The van der Waals surface area contributed by atoms with Crippen molar-refractivity contribution in [1.29, 1.82) is 0 Å². The molecule has 1 amide bonds. The quantitative estimate of drug-likeness (QED) is 0.850. The number of aryl methyl sites for hydroxylation is 2. The van der Waals surface area contributed by atoms with Crippen molar-refractivity contribution in [2.45, 2.75) is 18.7 Å². The lowest BCUT2D eigenvalue weighted by Gasteiger charge is -2.10. The largest absolute Gasteiger partial charge is 0.275 e. The summed E-state index contributed by atoms with van der Waals surface area (Å²) in [5.41, 5.74) is 4.62. The second-order valence-electron chi connectivity index (χ2n) is 4.57. The Morgan fingerprint density at radius 3 is 2.38 bits per heavy atom. The van der Waals surface area contributed by atoms with Gasteiger partial charge in [0.05, 0.1) is 15.5 Å². The monoisotopic (exact) mass is 322 g/mol. The van der Waals surface area contributed by atoms with E-state index in [1.165, 1.54) is 0 Å². The van der Waals surface area contributed by atoms with Gasteiger partial charge in [0.2, 0.25) is 0 Å². The van der Waals surface area contributed by atoms with Gasteiger partial charge in [-0.2, -0.15) is 0 Å². The van der Waals surface area contributed by atoms with Crippen molar-refractivity contribution < 1.29 is 9.00 Å². The molecule has 0 spiro atoms. The number of halogens is 1. The zero-order chi connectivity index (χ0) is 15.4. The molecular weight excluding hydrogens is 308 g/mol. The summed E-state index contributed by atoms with van der Waals surface area (Å²) >= 11 is 6.01. The number of hydrazine groups is 1. The van der Waals surface area contributed by atoms with Crippen LogP contribution >= 0.6 is 11.6 Å². The van der Waals surface area contributed by atoms with Crippen LogP contribution in [0.5, 0.6) is 0 Å². The van der Waals surface area contributed by atoms with Crippen LogP contribution < -0.4 is 10.3 Å². The summed E-state index contributed by atoms with van der Waals surface area (Å²) in [6, 6.07) is 12.4. The van der Waals surface area contributed by atoms with Crippen molar-refractivity contribution in [2.24, 2.45) is 0 Å². The molecule has 0 aliphatic carbocycles.